The van der Waals surface area contributed by atoms with Gasteiger partial charge in [-0.25, -0.2) is 4.68 Å². The number of fused-ring (bicyclic) bond motifs is 3. The lowest BCUT2D eigenvalue weighted by molar-refractivity contribution is 0.0844. The van der Waals surface area contributed by atoms with E-state index in [4.69, 9.17) is 19.6 Å². The van der Waals surface area contributed by atoms with Crippen molar-refractivity contribution in [3.63, 3.8) is 0 Å². The molecule has 2 aliphatic carbocycles. The highest BCUT2D eigenvalue weighted by Gasteiger charge is 2.40. The largest absolute Gasteiger partial charge is 0.376 e. The van der Waals surface area contributed by atoms with E-state index >= 15 is 0 Å². The second-order valence-electron chi connectivity index (χ2n) is 9.78. The Morgan fingerprint density at radius 1 is 1.25 bits per heavy atom. The van der Waals surface area contributed by atoms with Crippen LogP contribution in [0.2, 0.25) is 0 Å². The highest BCUT2D eigenvalue weighted by atomic mass is 16.5. The maximum Gasteiger partial charge on any atom is 0.263 e. The quantitative estimate of drug-likeness (QED) is 0.643. The van der Waals surface area contributed by atoms with Gasteiger partial charge in [-0.05, 0) is 55.6 Å². The van der Waals surface area contributed by atoms with Gasteiger partial charge in [0.1, 0.15) is 5.39 Å². The smallest absolute Gasteiger partial charge is 0.263 e. The van der Waals surface area contributed by atoms with Gasteiger partial charge in [0.2, 0.25) is 5.95 Å². The number of methoxy groups -OCH3 is 1. The minimum absolute atomic E-state index is 0.0537. The maximum absolute atomic E-state index is 12.9. The molecule has 1 N–H and O–H groups in total. The number of morpholine rings is 1. The first-order valence-electron chi connectivity index (χ1n) is 11.7. The molecule has 8 heteroatoms. The van der Waals surface area contributed by atoms with Crippen molar-refractivity contribution in [2.24, 2.45) is 5.92 Å². The zero-order valence-electron chi connectivity index (χ0n) is 18.2. The van der Waals surface area contributed by atoms with Gasteiger partial charge in [-0.2, -0.15) is 4.98 Å². The summed E-state index contributed by atoms with van der Waals surface area (Å²) in [6, 6.07) is 6.92. The van der Waals surface area contributed by atoms with Crippen LogP contribution < -0.4 is 10.5 Å². The summed E-state index contributed by atoms with van der Waals surface area (Å²) in [5.74, 6) is 1.82. The Bertz CT molecular complexity index is 1260. The lowest BCUT2D eigenvalue weighted by Crippen LogP contribution is -2.38. The summed E-state index contributed by atoms with van der Waals surface area (Å²) in [7, 11) is 1.79. The van der Waals surface area contributed by atoms with Crippen LogP contribution in [0, 0.1) is 5.92 Å². The van der Waals surface area contributed by atoms with E-state index in [9.17, 15) is 4.79 Å². The minimum atomic E-state index is -0.151. The van der Waals surface area contributed by atoms with Gasteiger partial charge in [-0.1, -0.05) is 12.1 Å². The van der Waals surface area contributed by atoms with Crippen molar-refractivity contribution < 1.29 is 9.47 Å². The molecule has 3 atom stereocenters. The molecule has 2 aromatic heterocycles. The van der Waals surface area contributed by atoms with Crippen molar-refractivity contribution in [2.45, 2.75) is 56.3 Å². The Morgan fingerprint density at radius 3 is 2.81 bits per heavy atom. The topological polar surface area (TPSA) is 85.3 Å². The van der Waals surface area contributed by atoms with Gasteiger partial charge in [-0.3, -0.25) is 9.78 Å². The van der Waals surface area contributed by atoms with E-state index in [1.165, 1.54) is 31.2 Å². The molecule has 8 nitrogen and oxygen atoms in total. The monoisotopic (exact) mass is 433 g/mol. The van der Waals surface area contributed by atoms with E-state index in [-0.39, 0.29) is 23.8 Å². The molecular weight excluding hydrogens is 406 g/mol. The average molecular weight is 434 g/mol. The van der Waals surface area contributed by atoms with Gasteiger partial charge in [0.05, 0.1) is 30.5 Å². The van der Waals surface area contributed by atoms with Crippen LogP contribution in [0.25, 0.3) is 16.7 Å². The van der Waals surface area contributed by atoms with Crippen molar-refractivity contribution in [3.8, 4) is 5.69 Å². The molecule has 2 saturated carbocycles. The first-order valence-corrected chi connectivity index (χ1v) is 11.7. The molecule has 1 unspecified atom stereocenters. The number of rotatable bonds is 6. The van der Waals surface area contributed by atoms with Crippen molar-refractivity contribution >= 4 is 17.0 Å². The maximum atomic E-state index is 12.9. The van der Waals surface area contributed by atoms with Gasteiger partial charge >= 0.3 is 0 Å². The normalized spacial score (nSPS) is 25.7. The number of hydrogen-bond donors (Lipinski definition) is 1. The van der Waals surface area contributed by atoms with E-state index in [0.29, 0.717) is 35.4 Å². The molecule has 0 amide bonds. The molecule has 2 bridgehead atoms. The van der Waals surface area contributed by atoms with E-state index in [2.05, 4.69) is 28.1 Å². The Hall–Kier alpha value is -2.71. The third kappa shape index (κ3) is 3.00. The summed E-state index contributed by atoms with van der Waals surface area (Å²) in [5, 5.41) is 5.26. The number of nitrogens with one attached hydrogen (secondary N) is 1. The number of aromatic nitrogens is 4. The van der Waals surface area contributed by atoms with E-state index in [1.54, 1.807) is 13.3 Å². The van der Waals surface area contributed by atoms with Gasteiger partial charge in [0.15, 0.2) is 5.65 Å². The Kier molecular flexibility index (Phi) is 4.05. The lowest BCUT2D eigenvalue weighted by Gasteiger charge is -2.26. The second-order valence-corrected chi connectivity index (χ2v) is 9.78. The highest BCUT2D eigenvalue weighted by Crippen LogP contribution is 2.47. The molecule has 2 saturated heterocycles. The molecule has 166 valence electrons. The van der Waals surface area contributed by atoms with Gasteiger partial charge < -0.3 is 14.4 Å². The van der Waals surface area contributed by atoms with Crippen LogP contribution in [0.5, 0.6) is 0 Å². The number of aromatic amines is 1. The van der Waals surface area contributed by atoms with Crippen LogP contribution in [0.3, 0.4) is 0 Å². The Morgan fingerprint density at radius 2 is 2.12 bits per heavy atom. The van der Waals surface area contributed by atoms with Crippen molar-refractivity contribution in [3.05, 3.63) is 45.9 Å². The standard InChI is InChI=1S/C24H27N5O3/c1-31-21(14-4-5-14)18-8-15(13-2-3-13)6-7-20(18)29-11-19-22(27-29)25-24(26-23(19)30)28-10-17-9-16(28)12-32-17/h6-8,11,13-14,16-17,21H,2-5,9-10,12H2,1H3,(H,25,26,27,30)/t16-,17-,21?/m1/s1. The van der Waals surface area contributed by atoms with Crippen molar-refractivity contribution in [2.75, 3.05) is 25.2 Å². The minimum Gasteiger partial charge on any atom is -0.376 e. The molecule has 32 heavy (non-hydrogen) atoms. The van der Waals surface area contributed by atoms with E-state index < -0.39 is 0 Å². The molecule has 4 heterocycles. The summed E-state index contributed by atoms with van der Waals surface area (Å²) in [5.41, 5.74) is 3.85. The van der Waals surface area contributed by atoms with Crippen LogP contribution in [0.4, 0.5) is 5.95 Å². The molecule has 0 spiro atoms. The first-order chi connectivity index (χ1) is 15.7. The number of hydrogen-bond acceptors (Lipinski definition) is 6. The summed E-state index contributed by atoms with van der Waals surface area (Å²) < 4.78 is 13.5. The zero-order chi connectivity index (χ0) is 21.4. The van der Waals surface area contributed by atoms with Crippen molar-refractivity contribution in [1.29, 1.82) is 0 Å². The molecule has 2 aliphatic heterocycles. The highest BCUT2D eigenvalue weighted by molar-refractivity contribution is 5.75. The third-order valence-electron chi connectivity index (χ3n) is 7.51. The fourth-order valence-corrected chi connectivity index (χ4v) is 5.48. The summed E-state index contributed by atoms with van der Waals surface area (Å²) in [6.07, 6.45) is 8.00. The van der Waals surface area contributed by atoms with Gasteiger partial charge in [0.25, 0.3) is 5.56 Å². The molecule has 4 fully saturated rings. The van der Waals surface area contributed by atoms with Crippen LogP contribution in [-0.4, -0.2) is 52.2 Å². The van der Waals surface area contributed by atoms with Gasteiger partial charge in [-0.15, -0.1) is 5.10 Å². The Labute approximate surface area is 185 Å². The predicted octanol–water partition coefficient (Wildman–Crippen LogP) is 3.06. The third-order valence-corrected chi connectivity index (χ3v) is 7.51. The second kappa shape index (κ2) is 6.89. The van der Waals surface area contributed by atoms with Crippen molar-refractivity contribution in [1.82, 2.24) is 19.7 Å². The van der Waals surface area contributed by atoms with Crippen LogP contribution in [0.15, 0.2) is 29.2 Å². The fourth-order valence-electron chi connectivity index (χ4n) is 5.48. The number of H-pyrrole nitrogens is 1. The predicted molar refractivity (Wildman–Crippen MR) is 119 cm³/mol. The van der Waals surface area contributed by atoms with Crippen LogP contribution >= 0.6 is 0 Å². The fraction of sp³-hybridized carbons (Fsp3) is 0.542. The molecule has 0 radical (unpaired) electrons. The molecule has 4 aliphatic rings. The average Bonchev–Trinajstić information content (AvgIpc) is 3.70. The summed E-state index contributed by atoms with van der Waals surface area (Å²) in [4.78, 5) is 22.8. The molecular formula is C24H27N5O3. The SMILES string of the molecule is COC(c1cc(C2CC2)ccc1-n1cc2c(=O)[nH]c(N3C[C@H]4C[C@@H]3CO4)nc2n1)C1CC1. The van der Waals surface area contributed by atoms with Crippen LogP contribution in [0.1, 0.15) is 55.3 Å². The first kappa shape index (κ1) is 18.8. The summed E-state index contributed by atoms with van der Waals surface area (Å²) in [6.45, 7) is 1.46. The molecule has 7 rings (SSSR count). The number of nitrogens with zero attached hydrogens (tertiary/aromatic N) is 4. The molecule has 3 aromatic rings. The summed E-state index contributed by atoms with van der Waals surface area (Å²) >= 11 is 0. The van der Waals surface area contributed by atoms with E-state index in [1.807, 2.05) is 4.68 Å². The lowest BCUT2D eigenvalue weighted by atomic mass is 9.98. The van der Waals surface area contributed by atoms with Crippen LogP contribution in [-0.2, 0) is 9.47 Å². The number of anilines is 1. The van der Waals surface area contributed by atoms with E-state index in [0.717, 1.165) is 24.2 Å². The number of ether oxygens (including phenoxy) is 2. The van der Waals surface area contributed by atoms with Gasteiger partial charge in [0, 0.05) is 25.4 Å². The Balaban J connectivity index is 1.32. The number of benzene rings is 1. The molecule has 1 aromatic carbocycles. The zero-order valence-corrected chi connectivity index (χ0v) is 18.2.